The van der Waals surface area contributed by atoms with E-state index in [1.807, 2.05) is 18.4 Å². The largest absolute Gasteiger partial charge is 0.276 e. The van der Waals surface area contributed by atoms with Gasteiger partial charge in [0.05, 0.1) is 20.9 Å². The monoisotopic (exact) mass is 339 g/mol. The fourth-order valence-corrected chi connectivity index (χ4v) is 3.27. The summed E-state index contributed by atoms with van der Waals surface area (Å²) in [6.07, 6.45) is 1.40. The molecule has 2 rings (SSSR count). The van der Waals surface area contributed by atoms with Crippen molar-refractivity contribution in [2.75, 3.05) is 0 Å². The van der Waals surface area contributed by atoms with Crippen molar-refractivity contribution in [3.8, 4) is 0 Å². The Hall–Kier alpha value is -2.26. The number of sulfonamides is 1. The molecule has 116 valence electrons. The predicted molar refractivity (Wildman–Crippen MR) is 84.8 cm³/mol. The fraction of sp³-hybridized carbons (Fsp3) is 0.154. The number of nitro groups is 1. The van der Waals surface area contributed by atoms with Crippen molar-refractivity contribution >= 4 is 33.3 Å². The third-order valence-corrected chi connectivity index (χ3v) is 5.12. The maximum atomic E-state index is 12.1. The molecule has 1 heterocycles. The Balaban J connectivity index is 2.24. The number of hydrazone groups is 1. The van der Waals surface area contributed by atoms with Crippen LogP contribution in [0.25, 0.3) is 0 Å². The van der Waals surface area contributed by atoms with E-state index >= 15 is 0 Å². The van der Waals surface area contributed by atoms with Gasteiger partial charge in [-0.2, -0.15) is 13.5 Å². The number of nitrogens with one attached hydrogen (secondary N) is 1. The second-order valence-electron chi connectivity index (χ2n) is 4.53. The Morgan fingerprint density at radius 3 is 2.59 bits per heavy atom. The zero-order chi connectivity index (χ0) is 16.3. The first-order valence-corrected chi connectivity index (χ1v) is 8.51. The number of hydrogen-bond acceptors (Lipinski definition) is 6. The Labute approximate surface area is 131 Å². The number of rotatable bonds is 5. The van der Waals surface area contributed by atoms with Gasteiger partial charge in [-0.15, -0.1) is 11.3 Å². The van der Waals surface area contributed by atoms with Gasteiger partial charge in [0.25, 0.3) is 15.7 Å². The number of aryl methyl sites for hydroxylation is 2. The van der Waals surface area contributed by atoms with E-state index in [0.29, 0.717) is 5.56 Å². The van der Waals surface area contributed by atoms with Gasteiger partial charge in [0.2, 0.25) is 0 Å². The summed E-state index contributed by atoms with van der Waals surface area (Å²) in [5, 5.41) is 16.4. The van der Waals surface area contributed by atoms with E-state index in [2.05, 4.69) is 9.93 Å². The first-order chi connectivity index (χ1) is 10.3. The Kier molecular flexibility index (Phi) is 4.57. The topological polar surface area (TPSA) is 102 Å². The van der Waals surface area contributed by atoms with Crippen molar-refractivity contribution in [3.63, 3.8) is 0 Å². The van der Waals surface area contributed by atoms with Gasteiger partial charge in [-0.3, -0.25) is 10.1 Å². The molecule has 9 heteroatoms. The van der Waals surface area contributed by atoms with Crippen LogP contribution in [0.5, 0.6) is 0 Å². The lowest BCUT2D eigenvalue weighted by Crippen LogP contribution is -2.18. The number of nitrogens with zero attached hydrogens (tertiary/aromatic N) is 2. The standard InChI is InChI=1S/C13H13N3O4S2/c1-9-3-4-11(7-12(9)16(17)18)22(19,20)15-14-8-13-10(2)5-6-21-13/h3-8,15H,1-2H3/b14-8-. The van der Waals surface area contributed by atoms with Crippen LogP contribution in [0.3, 0.4) is 0 Å². The van der Waals surface area contributed by atoms with Crippen LogP contribution < -0.4 is 4.83 Å². The van der Waals surface area contributed by atoms with Crippen LogP contribution in [0, 0.1) is 24.0 Å². The molecule has 22 heavy (non-hydrogen) atoms. The highest BCUT2D eigenvalue weighted by Gasteiger charge is 2.19. The lowest BCUT2D eigenvalue weighted by atomic mass is 10.2. The van der Waals surface area contributed by atoms with E-state index < -0.39 is 14.9 Å². The molecule has 0 aliphatic carbocycles. The van der Waals surface area contributed by atoms with E-state index in [-0.39, 0.29) is 10.6 Å². The molecule has 0 aliphatic heterocycles. The second-order valence-corrected chi connectivity index (χ2v) is 7.13. The summed E-state index contributed by atoms with van der Waals surface area (Å²) >= 11 is 1.43. The first-order valence-electron chi connectivity index (χ1n) is 6.15. The molecule has 0 spiro atoms. The Morgan fingerprint density at radius 1 is 1.27 bits per heavy atom. The molecule has 1 aromatic carbocycles. The van der Waals surface area contributed by atoms with E-state index in [1.54, 1.807) is 6.92 Å². The summed E-state index contributed by atoms with van der Waals surface area (Å²) in [7, 11) is -3.95. The van der Waals surface area contributed by atoms with Crippen molar-refractivity contribution in [3.05, 3.63) is 55.8 Å². The molecule has 1 aromatic heterocycles. The highest BCUT2D eigenvalue weighted by molar-refractivity contribution is 7.89. The molecule has 0 aliphatic rings. The van der Waals surface area contributed by atoms with Gasteiger partial charge in [0.15, 0.2) is 0 Å². The predicted octanol–water partition coefficient (Wildman–Crippen LogP) is 2.59. The molecule has 0 bridgehead atoms. The SMILES string of the molecule is Cc1ccc(S(=O)(=O)N/N=C\c2sccc2C)cc1[N+](=O)[O-]. The van der Waals surface area contributed by atoms with Crippen LogP contribution in [0.2, 0.25) is 0 Å². The van der Waals surface area contributed by atoms with E-state index in [4.69, 9.17) is 0 Å². The highest BCUT2D eigenvalue weighted by Crippen LogP contribution is 2.22. The number of benzene rings is 1. The van der Waals surface area contributed by atoms with Gasteiger partial charge >= 0.3 is 0 Å². The van der Waals surface area contributed by atoms with Crippen molar-refractivity contribution in [1.82, 2.24) is 4.83 Å². The Bertz CT molecular complexity index is 841. The molecule has 0 unspecified atom stereocenters. The summed E-state index contributed by atoms with van der Waals surface area (Å²) in [5.41, 5.74) is 1.13. The Morgan fingerprint density at radius 2 is 2.00 bits per heavy atom. The average Bonchev–Trinajstić information content (AvgIpc) is 2.84. The number of thiophene rings is 1. The number of hydrogen-bond donors (Lipinski definition) is 1. The molecule has 0 saturated carbocycles. The van der Waals surface area contributed by atoms with Gasteiger partial charge in [-0.05, 0) is 36.9 Å². The van der Waals surface area contributed by atoms with Crippen molar-refractivity contribution in [2.24, 2.45) is 5.10 Å². The van der Waals surface area contributed by atoms with E-state index in [9.17, 15) is 18.5 Å². The quantitative estimate of drug-likeness (QED) is 0.514. The molecule has 2 aromatic rings. The summed E-state index contributed by atoms with van der Waals surface area (Å²) < 4.78 is 24.2. The maximum absolute atomic E-state index is 12.1. The van der Waals surface area contributed by atoms with Gasteiger partial charge in [-0.25, -0.2) is 4.83 Å². The van der Waals surface area contributed by atoms with Crippen LogP contribution in [-0.4, -0.2) is 19.6 Å². The summed E-state index contributed by atoms with van der Waals surface area (Å²) in [6.45, 7) is 3.43. The molecule has 1 N–H and O–H groups in total. The average molecular weight is 339 g/mol. The van der Waals surface area contributed by atoms with Crippen LogP contribution in [0.1, 0.15) is 16.0 Å². The van der Waals surface area contributed by atoms with Crippen molar-refractivity contribution < 1.29 is 13.3 Å². The lowest BCUT2D eigenvalue weighted by Gasteiger charge is -2.04. The molecule has 0 radical (unpaired) electrons. The van der Waals surface area contributed by atoms with Crippen LogP contribution in [-0.2, 0) is 10.0 Å². The fourth-order valence-electron chi connectivity index (χ4n) is 1.68. The molecular formula is C13H13N3O4S2. The van der Waals surface area contributed by atoms with Gasteiger partial charge < -0.3 is 0 Å². The number of nitro benzene ring substituents is 1. The minimum atomic E-state index is -3.95. The zero-order valence-corrected chi connectivity index (χ0v) is 13.4. The van der Waals surface area contributed by atoms with Gasteiger partial charge in [0, 0.05) is 11.6 Å². The molecule has 0 amide bonds. The normalized spacial score (nSPS) is 11.7. The molecule has 0 fully saturated rings. The van der Waals surface area contributed by atoms with E-state index in [1.165, 1.54) is 29.7 Å². The summed E-state index contributed by atoms with van der Waals surface area (Å²) in [5.74, 6) is 0. The lowest BCUT2D eigenvalue weighted by molar-refractivity contribution is -0.385. The summed E-state index contributed by atoms with van der Waals surface area (Å²) in [4.78, 5) is 12.9. The highest BCUT2D eigenvalue weighted by atomic mass is 32.2. The smallest absolute Gasteiger partial charge is 0.258 e. The third-order valence-electron chi connectivity index (χ3n) is 2.94. The van der Waals surface area contributed by atoms with Crippen LogP contribution in [0.15, 0.2) is 39.6 Å². The first kappa shape index (κ1) is 16.1. The van der Waals surface area contributed by atoms with Crippen molar-refractivity contribution in [2.45, 2.75) is 18.7 Å². The maximum Gasteiger partial charge on any atom is 0.276 e. The molecule has 7 nitrogen and oxygen atoms in total. The van der Waals surface area contributed by atoms with Gasteiger partial charge in [-0.1, -0.05) is 6.07 Å². The zero-order valence-electron chi connectivity index (χ0n) is 11.8. The van der Waals surface area contributed by atoms with Gasteiger partial charge in [0.1, 0.15) is 0 Å². The third kappa shape index (κ3) is 3.49. The van der Waals surface area contributed by atoms with Crippen molar-refractivity contribution in [1.29, 1.82) is 0 Å². The molecule has 0 atom stereocenters. The van der Waals surface area contributed by atoms with E-state index in [0.717, 1.165) is 16.5 Å². The minimum Gasteiger partial charge on any atom is -0.258 e. The summed E-state index contributed by atoms with van der Waals surface area (Å²) in [6, 6.07) is 5.60. The van der Waals surface area contributed by atoms with Crippen LogP contribution >= 0.6 is 11.3 Å². The minimum absolute atomic E-state index is 0.204. The van der Waals surface area contributed by atoms with Crippen LogP contribution in [0.4, 0.5) is 5.69 Å². The second kappa shape index (κ2) is 6.24. The molecular weight excluding hydrogens is 326 g/mol. The molecule has 0 saturated heterocycles.